The number of methoxy groups -OCH3 is 1. The third kappa shape index (κ3) is 4.14. The van der Waals surface area contributed by atoms with Gasteiger partial charge in [0.15, 0.2) is 0 Å². The fraction of sp³-hybridized carbons (Fsp3) is 0.167. The molecule has 0 fully saturated rings. The van der Waals surface area contributed by atoms with Crippen molar-refractivity contribution in [3.05, 3.63) is 78.4 Å². The van der Waals surface area contributed by atoms with Gasteiger partial charge in [0.1, 0.15) is 5.75 Å². The summed E-state index contributed by atoms with van der Waals surface area (Å²) in [7, 11) is 1.64. The van der Waals surface area contributed by atoms with Gasteiger partial charge in [-0.05, 0) is 53.4 Å². The van der Waals surface area contributed by atoms with E-state index in [0.29, 0.717) is 6.42 Å². The quantitative estimate of drug-likeness (QED) is 0.638. The Kier molecular flexibility index (Phi) is 5.29. The number of anilines is 2. The van der Waals surface area contributed by atoms with Crippen LogP contribution in [0.5, 0.6) is 5.75 Å². The van der Waals surface area contributed by atoms with Crippen LogP contribution in [0, 0.1) is 0 Å². The number of carbonyl (C=O) groups excluding carboxylic acids is 2. The molecule has 0 aromatic heterocycles. The van der Waals surface area contributed by atoms with Crippen LogP contribution < -0.4 is 15.4 Å². The molecule has 1 aliphatic rings. The molecule has 5 heteroatoms. The van der Waals surface area contributed by atoms with Crippen LogP contribution in [-0.2, 0) is 9.59 Å². The average molecular weight is 386 g/mol. The first-order chi connectivity index (χ1) is 14.1. The van der Waals surface area contributed by atoms with E-state index in [1.54, 1.807) is 7.11 Å². The normalized spacial score (nSPS) is 14.8. The van der Waals surface area contributed by atoms with E-state index >= 15 is 0 Å². The zero-order valence-electron chi connectivity index (χ0n) is 16.1. The zero-order valence-corrected chi connectivity index (χ0v) is 16.1. The molecule has 1 heterocycles. The Balaban J connectivity index is 1.36. The largest absolute Gasteiger partial charge is 0.497 e. The number of ether oxygens (including phenoxy) is 1. The minimum Gasteiger partial charge on any atom is -0.497 e. The molecule has 1 atom stereocenters. The minimum atomic E-state index is -0.271. The molecule has 0 saturated heterocycles. The van der Waals surface area contributed by atoms with Gasteiger partial charge in [0.25, 0.3) is 0 Å². The predicted molar refractivity (Wildman–Crippen MR) is 114 cm³/mol. The molecule has 0 radical (unpaired) electrons. The summed E-state index contributed by atoms with van der Waals surface area (Å²) in [5.74, 6) is 0.391. The number of fused-ring (bicyclic) bond motifs is 1. The molecule has 1 aliphatic heterocycles. The lowest BCUT2D eigenvalue weighted by Crippen LogP contribution is -2.16. The van der Waals surface area contributed by atoms with E-state index in [-0.39, 0.29) is 24.2 Å². The van der Waals surface area contributed by atoms with Gasteiger partial charge in [0.2, 0.25) is 11.8 Å². The third-order valence-corrected chi connectivity index (χ3v) is 5.14. The summed E-state index contributed by atoms with van der Waals surface area (Å²) in [6.45, 7) is 0. The van der Waals surface area contributed by atoms with Crippen molar-refractivity contribution in [1.82, 2.24) is 0 Å². The first-order valence-electron chi connectivity index (χ1n) is 9.58. The molecule has 0 saturated carbocycles. The molecule has 0 aliphatic carbocycles. The van der Waals surface area contributed by atoms with Gasteiger partial charge in [-0.25, -0.2) is 0 Å². The highest BCUT2D eigenvalue weighted by molar-refractivity contribution is 6.03. The van der Waals surface area contributed by atoms with Crippen LogP contribution in [-0.4, -0.2) is 18.9 Å². The molecule has 4 rings (SSSR count). The molecule has 5 nitrogen and oxygen atoms in total. The Morgan fingerprint density at radius 1 is 1.00 bits per heavy atom. The molecule has 3 aromatic rings. The highest BCUT2D eigenvalue weighted by Gasteiger charge is 2.30. The van der Waals surface area contributed by atoms with Gasteiger partial charge in [-0.2, -0.15) is 0 Å². The maximum atomic E-state index is 12.4. The van der Waals surface area contributed by atoms with Crippen molar-refractivity contribution in [1.29, 1.82) is 0 Å². The van der Waals surface area contributed by atoms with Crippen LogP contribution >= 0.6 is 0 Å². The lowest BCUT2D eigenvalue weighted by molar-refractivity contribution is -0.118. The molecule has 3 aromatic carbocycles. The van der Waals surface area contributed by atoms with Crippen molar-refractivity contribution in [2.75, 3.05) is 17.7 Å². The van der Waals surface area contributed by atoms with E-state index in [0.717, 1.165) is 33.8 Å². The van der Waals surface area contributed by atoms with E-state index in [2.05, 4.69) is 10.6 Å². The van der Waals surface area contributed by atoms with Gasteiger partial charge in [0, 0.05) is 17.8 Å². The Labute approximate surface area is 169 Å². The monoisotopic (exact) mass is 386 g/mol. The highest BCUT2D eigenvalue weighted by Crippen LogP contribution is 2.35. The third-order valence-electron chi connectivity index (χ3n) is 5.14. The fourth-order valence-corrected chi connectivity index (χ4v) is 3.61. The van der Waals surface area contributed by atoms with Crippen LogP contribution in [0.1, 0.15) is 24.3 Å². The Bertz CT molecular complexity index is 1040. The average Bonchev–Trinajstić information content (AvgIpc) is 3.08. The van der Waals surface area contributed by atoms with Gasteiger partial charge < -0.3 is 15.4 Å². The van der Waals surface area contributed by atoms with Gasteiger partial charge in [-0.3, -0.25) is 9.59 Å². The number of hydrogen-bond donors (Lipinski definition) is 2. The summed E-state index contributed by atoms with van der Waals surface area (Å²) in [5.41, 5.74) is 4.64. The smallest absolute Gasteiger partial charge is 0.232 e. The zero-order chi connectivity index (χ0) is 20.2. The second kappa shape index (κ2) is 8.19. The Morgan fingerprint density at radius 2 is 1.79 bits per heavy atom. The van der Waals surface area contributed by atoms with Crippen molar-refractivity contribution < 1.29 is 14.3 Å². The van der Waals surface area contributed by atoms with Gasteiger partial charge >= 0.3 is 0 Å². The van der Waals surface area contributed by atoms with Crippen molar-refractivity contribution in [3.63, 3.8) is 0 Å². The summed E-state index contributed by atoms with van der Waals surface area (Å²) in [6.07, 6.45) is 0.765. The van der Waals surface area contributed by atoms with Crippen molar-refractivity contribution in [2.24, 2.45) is 0 Å². The topological polar surface area (TPSA) is 67.4 Å². The lowest BCUT2D eigenvalue weighted by atomic mass is 9.95. The number of hydrogen-bond acceptors (Lipinski definition) is 3. The summed E-state index contributed by atoms with van der Waals surface area (Å²) < 4.78 is 5.27. The number of benzene rings is 3. The number of nitrogens with one attached hydrogen (secondary N) is 2. The van der Waals surface area contributed by atoms with E-state index in [1.165, 1.54) is 0 Å². The van der Waals surface area contributed by atoms with Gasteiger partial charge in [0.05, 0.1) is 13.0 Å². The second-order valence-corrected chi connectivity index (χ2v) is 7.03. The Morgan fingerprint density at radius 3 is 2.59 bits per heavy atom. The maximum Gasteiger partial charge on any atom is 0.232 e. The molecule has 29 heavy (non-hydrogen) atoms. The molecule has 0 spiro atoms. The van der Waals surface area contributed by atoms with Gasteiger partial charge in [-0.1, -0.05) is 42.5 Å². The fourth-order valence-electron chi connectivity index (χ4n) is 3.61. The minimum absolute atomic E-state index is 0.0401. The van der Waals surface area contributed by atoms with Crippen molar-refractivity contribution in [3.8, 4) is 16.9 Å². The van der Waals surface area contributed by atoms with Crippen LogP contribution in [0.25, 0.3) is 11.1 Å². The number of rotatable bonds is 6. The first-order valence-corrected chi connectivity index (χ1v) is 9.58. The standard InChI is InChI=1S/C24H22N2O3/c1-29-19-6-4-5-17(15-19)16-9-11-18(12-10-16)25-23(27)14-13-21-20-7-2-3-8-22(20)26-24(21)28/h2-12,15,21H,13-14H2,1H3,(H,25,27)(H,26,28)/t21-/m1/s1. The van der Waals surface area contributed by atoms with E-state index in [9.17, 15) is 9.59 Å². The molecular weight excluding hydrogens is 364 g/mol. The van der Waals surface area contributed by atoms with Crippen LogP contribution in [0.2, 0.25) is 0 Å². The molecule has 0 unspecified atom stereocenters. The molecule has 146 valence electrons. The van der Waals surface area contributed by atoms with Crippen LogP contribution in [0.4, 0.5) is 11.4 Å². The number of para-hydroxylation sites is 1. The SMILES string of the molecule is COc1cccc(-c2ccc(NC(=O)CC[C@H]3C(=O)Nc4ccccc43)cc2)c1. The van der Waals surface area contributed by atoms with Crippen molar-refractivity contribution in [2.45, 2.75) is 18.8 Å². The van der Waals surface area contributed by atoms with Crippen molar-refractivity contribution >= 4 is 23.2 Å². The van der Waals surface area contributed by atoms with E-state index in [4.69, 9.17) is 4.74 Å². The number of carbonyl (C=O) groups is 2. The number of amides is 2. The molecule has 0 bridgehead atoms. The summed E-state index contributed by atoms with van der Waals surface area (Å²) in [5, 5.41) is 5.78. The summed E-state index contributed by atoms with van der Waals surface area (Å²) in [6, 6.07) is 23.1. The van der Waals surface area contributed by atoms with Crippen LogP contribution in [0.3, 0.4) is 0 Å². The highest BCUT2D eigenvalue weighted by atomic mass is 16.5. The summed E-state index contributed by atoms with van der Waals surface area (Å²) >= 11 is 0. The first kappa shape index (κ1) is 18.7. The van der Waals surface area contributed by atoms with E-state index < -0.39 is 0 Å². The van der Waals surface area contributed by atoms with E-state index in [1.807, 2.05) is 72.8 Å². The van der Waals surface area contributed by atoms with Gasteiger partial charge in [-0.15, -0.1) is 0 Å². The summed E-state index contributed by atoms with van der Waals surface area (Å²) in [4.78, 5) is 24.5. The Hall–Kier alpha value is -3.60. The molecular formula is C24H22N2O3. The predicted octanol–water partition coefficient (Wildman–Crippen LogP) is 4.82. The second-order valence-electron chi connectivity index (χ2n) is 7.03. The maximum absolute atomic E-state index is 12.4. The molecule has 2 N–H and O–H groups in total. The molecule has 2 amide bonds. The van der Waals surface area contributed by atoms with Crippen LogP contribution in [0.15, 0.2) is 72.8 Å². The lowest BCUT2D eigenvalue weighted by Gasteiger charge is -2.10.